The van der Waals surface area contributed by atoms with Crippen LogP contribution in [0.25, 0.3) is 11.4 Å². The Morgan fingerprint density at radius 3 is 1.63 bits per heavy atom. The third-order valence-corrected chi connectivity index (χ3v) is 3.38. The van der Waals surface area contributed by atoms with Gasteiger partial charge in [-0.05, 0) is 23.3 Å². The fraction of sp³-hybridized carbons (Fsp3) is 0.167. The molecule has 0 radical (unpaired) electrons. The van der Waals surface area contributed by atoms with E-state index in [4.69, 9.17) is 23.2 Å². The van der Waals surface area contributed by atoms with Gasteiger partial charge in [0.25, 0.3) is 0 Å². The van der Waals surface area contributed by atoms with E-state index in [9.17, 15) is 13.2 Å². The van der Waals surface area contributed by atoms with Crippen LogP contribution in [0, 0.1) is 0 Å². The molecule has 0 saturated heterocycles. The number of hydrogen-bond donors (Lipinski definition) is 0. The lowest BCUT2D eigenvalue weighted by atomic mass is 9.98. The number of fused-ring (bicyclic) bond motifs is 3. The lowest BCUT2D eigenvalue weighted by molar-refractivity contribution is -0.140. The van der Waals surface area contributed by atoms with Crippen molar-refractivity contribution in [1.29, 1.82) is 0 Å². The molecule has 2 heterocycles. The van der Waals surface area contributed by atoms with E-state index in [-0.39, 0.29) is 32.8 Å². The van der Waals surface area contributed by atoms with Crippen molar-refractivity contribution >= 4 is 23.2 Å². The SMILES string of the molecule is FC(F)(F)C1c2ccc(Cl)nc2-c2nc(Cl)ccc21. The normalized spacial score (nSPS) is 14.4. The molecule has 98 valence electrons. The molecule has 1 aliphatic rings. The Labute approximate surface area is 116 Å². The summed E-state index contributed by atoms with van der Waals surface area (Å²) in [6.45, 7) is 0. The minimum Gasteiger partial charge on any atom is -0.234 e. The highest BCUT2D eigenvalue weighted by Gasteiger charge is 2.48. The van der Waals surface area contributed by atoms with E-state index in [0.29, 0.717) is 0 Å². The van der Waals surface area contributed by atoms with Gasteiger partial charge < -0.3 is 0 Å². The number of rotatable bonds is 0. The van der Waals surface area contributed by atoms with Crippen molar-refractivity contribution in [3.05, 3.63) is 45.7 Å². The summed E-state index contributed by atoms with van der Waals surface area (Å²) in [5, 5.41) is 0.239. The molecule has 0 fully saturated rings. The maximum Gasteiger partial charge on any atom is 0.399 e. The first kappa shape index (κ1) is 12.7. The van der Waals surface area contributed by atoms with E-state index in [1.54, 1.807) is 0 Å². The first-order valence-corrected chi connectivity index (χ1v) is 6.03. The Morgan fingerprint density at radius 2 is 1.26 bits per heavy atom. The molecule has 0 spiro atoms. The van der Waals surface area contributed by atoms with Crippen molar-refractivity contribution in [3.63, 3.8) is 0 Å². The highest BCUT2D eigenvalue weighted by atomic mass is 35.5. The third-order valence-electron chi connectivity index (χ3n) is 2.96. The highest BCUT2D eigenvalue weighted by Crippen LogP contribution is 2.50. The zero-order valence-electron chi connectivity index (χ0n) is 9.17. The topological polar surface area (TPSA) is 25.8 Å². The zero-order chi connectivity index (χ0) is 13.8. The van der Waals surface area contributed by atoms with Crippen molar-refractivity contribution in [1.82, 2.24) is 9.97 Å². The molecule has 2 aromatic rings. The number of halogens is 5. The van der Waals surface area contributed by atoms with Crippen LogP contribution in [0.15, 0.2) is 24.3 Å². The Balaban J connectivity index is 2.33. The van der Waals surface area contributed by atoms with E-state index in [1.165, 1.54) is 24.3 Å². The van der Waals surface area contributed by atoms with Gasteiger partial charge in [0.2, 0.25) is 0 Å². The second-order valence-corrected chi connectivity index (χ2v) is 4.89. The smallest absolute Gasteiger partial charge is 0.234 e. The Bertz CT molecular complexity index is 619. The summed E-state index contributed by atoms with van der Waals surface area (Å²) >= 11 is 11.5. The molecule has 0 unspecified atom stereocenters. The summed E-state index contributed by atoms with van der Waals surface area (Å²) in [4.78, 5) is 7.89. The van der Waals surface area contributed by atoms with Gasteiger partial charge in [-0.1, -0.05) is 35.3 Å². The second-order valence-electron chi connectivity index (χ2n) is 4.12. The molecule has 0 aliphatic heterocycles. The van der Waals surface area contributed by atoms with Crippen LogP contribution in [-0.4, -0.2) is 16.1 Å². The molecule has 19 heavy (non-hydrogen) atoms. The molecular weight excluding hydrogens is 300 g/mol. The molecule has 0 N–H and O–H groups in total. The molecule has 1 aliphatic carbocycles. The van der Waals surface area contributed by atoms with Gasteiger partial charge in [0.1, 0.15) is 16.2 Å². The van der Waals surface area contributed by atoms with E-state index in [2.05, 4.69) is 9.97 Å². The lowest BCUT2D eigenvalue weighted by Gasteiger charge is -2.16. The molecule has 0 saturated carbocycles. The number of hydrogen-bond acceptors (Lipinski definition) is 2. The predicted octanol–water partition coefficient (Wildman–Crippen LogP) is 4.46. The van der Waals surface area contributed by atoms with Crippen LogP contribution in [0.2, 0.25) is 10.3 Å². The van der Waals surface area contributed by atoms with Crippen LogP contribution < -0.4 is 0 Å². The number of nitrogens with zero attached hydrogens (tertiary/aromatic N) is 2. The van der Waals surface area contributed by atoms with Crippen LogP contribution in [-0.2, 0) is 0 Å². The van der Waals surface area contributed by atoms with Crippen molar-refractivity contribution in [2.45, 2.75) is 12.1 Å². The summed E-state index contributed by atoms with van der Waals surface area (Å²) in [5.41, 5.74) is 0.406. The largest absolute Gasteiger partial charge is 0.399 e. The average Bonchev–Trinajstić information content (AvgIpc) is 2.62. The molecule has 0 aromatic carbocycles. The van der Waals surface area contributed by atoms with Crippen LogP contribution in [0.5, 0.6) is 0 Å². The van der Waals surface area contributed by atoms with Gasteiger partial charge in [-0.2, -0.15) is 13.2 Å². The number of aromatic nitrogens is 2. The monoisotopic (exact) mass is 304 g/mol. The minimum absolute atomic E-state index is 0.0571. The minimum atomic E-state index is -4.41. The fourth-order valence-corrected chi connectivity index (χ4v) is 2.55. The Morgan fingerprint density at radius 1 is 0.842 bits per heavy atom. The van der Waals surface area contributed by atoms with Gasteiger partial charge in [0.05, 0.1) is 11.4 Å². The summed E-state index contributed by atoms with van der Waals surface area (Å²) in [7, 11) is 0. The average molecular weight is 305 g/mol. The number of pyridine rings is 2. The molecule has 0 bridgehead atoms. The van der Waals surface area contributed by atoms with Gasteiger partial charge in [0, 0.05) is 0 Å². The van der Waals surface area contributed by atoms with E-state index in [1.807, 2.05) is 0 Å². The summed E-state index contributed by atoms with van der Waals surface area (Å²) in [6, 6.07) is 5.34. The van der Waals surface area contributed by atoms with Crippen molar-refractivity contribution in [2.24, 2.45) is 0 Å². The highest BCUT2D eigenvalue weighted by molar-refractivity contribution is 6.30. The maximum atomic E-state index is 13.2. The van der Waals surface area contributed by atoms with Gasteiger partial charge in [-0.15, -0.1) is 0 Å². The summed E-state index contributed by atoms with van der Waals surface area (Å²) in [6.07, 6.45) is -4.41. The van der Waals surface area contributed by atoms with E-state index >= 15 is 0 Å². The lowest BCUT2D eigenvalue weighted by Crippen LogP contribution is -2.20. The summed E-state index contributed by atoms with van der Waals surface area (Å²) in [5.74, 6) is -1.73. The van der Waals surface area contributed by atoms with Crippen molar-refractivity contribution in [2.75, 3.05) is 0 Å². The first-order chi connectivity index (χ1) is 8.88. The van der Waals surface area contributed by atoms with Crippen LogP contribution >= 0.6 is 23.2 Å². The fourth-order valence-electron chi connectivity index (χ4n) is 2.26. The van der Waals surface area contributed by atoms with Crippen molar-refractivity contribution < 1.29 is 13.2 Å². The molecule has 2 nitrogen and oxygen atoms in total. The van der Waals surface area contributed by atoms with Crippen molar-refractivity contribution in [3.8, 4) is 11.4 Å². The predicted molar refractivity (Wildman–Crippen MR) is 65.4 cm³/mol. The van der Waals surface area contributed by atoms with Gasteiger partial charge in [-0.25, -0.2) is 9.97 Å². The van der Waals surface area contributed by atoms with Gasteiger partial charge in [0.15, 0.2) is 0 Å². The molecule has 7 heteroatoms. The van der Waals surface area contributed by atoms with Crippen LogP contribution in [0.4, 0.5) is 13.2 Å². The Hall–Kier alpha value is -1.33. The summed E-state index contributed by atoms with van der Waals surface area (Å²) < 4.78 is 39.6. The first-order valence-electron chi connectivity index (χ1n) is 5.28. The molecule has 3 rings (SSSR count). The molecular formula is C12H5Cl2F3N2. The molecule has 0 amide bonds. The molecule has 0 atom stereocenters. The van der Waals surface area contributed by atoms with E-state index in [0.717, 1.165) is 0 Å². The molecule has 2 aromatic heterocycles. The quantitative estimate of drug-likeness (QED) is 0.672. The van der Waals surface area contributed by atoms with Crippen LogP contribution in [0.3, 0.4) is 0 Å². The second kappa shape index (κ2) is 4.08. The third kappa shape index (κ3) is 1.97. The Kier molecular flexibility index (Phi) is 2.73. The zero-order valence-corrected chi connectivity index (χ0v) is 10.7. The standard InChI is InChI=1S/C12H5Cl2F3N2/c13-7-3-1-5-9(12(15,16)17)6-2-4-8(14)19-11(6)10(5)18-7/h1-4,9H. The van der Waals surface area contributed by atoms with Crippen LogP contribution in [0.1, 0.15) is 17.0 Å². The van der Waals surface area contributed by atoms with Gasteiger partial charge in [-0.3, -0.25) is 0 Å². The number of alkyl halides is 3. The van der Waals surface area contributed by atoms with Gasteiger partial charge >= 0.3 is 6.18 Å². The maximum absolute atomic E-state index is 13.2. The van der Waals surface area contributed by atoms with E-state index < -0.39 is 12.1 Å².